The van der Waals surface area contributed by atoms with Crippen molar-refractivity contribution in [3.8, 4) is 6.07 Å². The fourth-order valence-electron chi connectivity index (χ4n) is 1.99. The summed E-state index contributed by atoms with van der Waals surface area (Å²) in [5, 5.41) is 14.9. The number of rotatable bonds is 2. The first kappa shape index (κ1) is 11.6. The maximum absolute atomic E-state index is 11.9. The molecule has 1 saturated heterocycles. The van der Waals surface area contributed by atoms with Crippen molar-refractivity contribution in [1.29, 1.82) is 5.26 Å². The summed E-state index contributed by atoms with van der Waals surface area (Å²) in [4.78, 5) is 11.9. The predicted octanol–water partition coefficient (Wildman–Crippen LogP) is 1.50. The minimum absolute atomic E-state index is 0.0570. The minimum Gasteiger partial charge on any atom is -0.326 e. The molecule has 0 aliphatic carbocycles. The van der Waals surface area contributed by atoms with E-state index in [1.807, 2.05) is 0 Å². The van der Waals surface area contributed by atoms with Gasteiger partial charge in [0.15, 0.2) is 0 Å². The van der Waals surface area contributed by atoms with Gasteiger partial charge in [0.25, 0.3) is 0 Å². The molecule has 4 nitrogen and oxygen atoms in total. The fraction of sp³-hybridized carbons (Fsp3) is 0.385. The Bertz CT molecular complexity index is 444. The van der Waals surface area contributed by atoms with E-state index >= 15 is 0 Å². The first-order valence-electron chi connectivity index (χ1n) is 5.81. The highest BCUT2D eigenvalue weighted by molar-refractivity contribution is 5.92. The van der Waals surface area contributed by atoms with Gasteiger partial charge in [-0.3, -0.25) is 4.79 Å². The molecule has 1 amide bonds. The van der Waals surface area contributed by atoms with Crippen molar-refractivity contribution in [1.82, 2.24) is 5.32 Å². The second-order valence-electron chi connectivity index (χ2n) is 4.21. The summed E-state index contributed by atoms with van der Waals surface area (Å²) in [6, 6.07) is 9.05. The number of nitrogens with zero attached hydrogens (tertiary/aromatic N) is 1. The van der Waals surface area contributed by atoms with Gasteiger partial charge in [0.2, 0.25) is 5.91 Å². The van der Waals surface area contributed by atoms with Crippen molar-refractivity contribution in [2.45, 2.75) is 12.8 Å². The molecule has 2 N–H and O–H groups in total. The first-order valence-corrected chi connectivity index (χ1v) is 5.81. The van der Waals surface area contributed by atoms with Crippen molar-refractivity contribution in [3.63, 3.8) is 0 Å². The van der Waals surface area contributed by atoms with Gasteiger partial charge < -0.3 is 10.6 Å². The summed E-state index contributed by atoms with van der Waals surface area (Å²) in [7, 11) is 0. The Morgan fingerprint density at radius 3 is 2.88 bits per heavy atom. The van der Waals surface area contributed by atoms with Crippen molar-refractivity contribution in [2.24, 2.45) is 5.92 Å². The molecule has 1 aromatic rings. The third-order valence-corrected chi connectivity index (χ3v) is 2.97. The molecule has 0 bridgehead atoms. The summed E-state index contributed by atoms with van der Waals surface area (Å²) < 4.78 is 0. The highest BCUT2D eigenvalue weighted by atomic mass is 16.1. The average Bonchev–Trinajstić information content (AvgIpc) is 2.40. The van der Waals surface area contributed by atoms with Gasteiger partial charge in [-0.25, -0.2) is 0 Å². The monoisotopic (exact) mass is 229 g/mol. The Morgan fingerprint density at radius 1 is 1.41 bits per heavy atom. The number of nitriles is 1. The summed E-state index contributed by atoms with van der Waals surface area (Å²) in [6.45, 7) is 1.80. The first-order chi connectivity index (χ1) is 8.29. The molecule has 0 radical (unpaired) electrons. The number of hydrogen-bond acceptors (Lipinski definition) is 3. The van der Waals surface area contributed by atoms with Crippen LogP contribution in [-0.4, -0.2) is 19.0 Å². The Hall–Kier alpha value is -1.86. The number of nitrogens with one attached hydrogen (secondary N) is 2. The van der Waals surface area contributed by atoms with Gasteiger partial charge in [-0.2, -0.15) is 5.26 Å². The van der Waals surface area contributed by atoms with E-state index in [0.29, 0.717) is 11.3 Å². The molecule has 1 aliphatic rings. The van der Waals surface area contributed by atoms with Crippen LogP contribution in [0.3, 0.4) is 0 Å². The van der Waals surface area contributed by atoms with Crippen LogP contribution in [0.15, 0.2) is 24.3 Å². The van der Waals surface area contributed by atoms with E-state index < -0.39 is 0 Å². The smallest absolute Gasteiger partial charge is 0.227 e. The summed E-state index contributed by atoms with van der Waals surface area (Å²) in [6.07, 6.45) is 1.76. The lowest BCUT2D eigenvalue weighted by atomic mass is 9.97. The molecule has 0 spiro atoms. The third-order valence-electron chi connectivity index (χ3n) is 2.97. The number of benzene rings is 1. The van der Waals surface area contributed by atoms with E-state index in [2.05, 4.69) is 16.7 Å². The average molecular weight is 229 g/mol. The zero-order valence-electron chi connectivity index (χ0n) is 9.57. The summed E-state index contributed by atoms with van der Waals surface area (Å²) in [5.74, 6) is 0.142. The van der Waals surface area contributed by atoms with Gasteiger partial charge in [-0.05, 0) is 44.1 Å². The third kappa shape index (κ3) is 3.05. The molecule has 0 aromatic heterocycles. The SMILES string of the molecule is N#Cc1cccc(NC(=O)C2CCNCC2)c1. The normalized spacial score (nSPS) is 16.2. The van der Waals surface area contributed by atoms with Crippen LogP contribution in [0.2, 0.25) is 0 Å². The van der Waals surface area contributed by atoms with Gasteiger partial charge in [-0.15, -0.1) is 0 Å². The topological polar surface area (TPSA) is 64.9 Å². The Labute approximate surface area is 101 Å². The molecule has 0 saturated carbocycles. The van der Waals surface area contributed by atoms with E-state index in [0.717, 1.165) is 25.9 Å². The largest absolute Gasteiger partial charge is 0.326 e. The number of amides is 1. The Morgan fingerprint density at radius 2 is 2.18 bits per heavy atom. The van der Waals surface area contributed by atoms with Crippen LogP contribution in [0, 0.1) is 17.2 Å². The number of carbonyl (C=O) groups excluding carboxylic acids is 1. The fourth-order valence-corrected chi connectivity index (χ4v) is 1.99. The highest BCUT2D eigenvalue weighted by Crippen LogP contribution is 2.16. The standard InChI is InChI=1S/C13H15N3O/c14-9-10-2-1-3-12(8-10)16-13(17)11-4-6-15-7-5-11/h1-3,8,11,15H,4-7H2,(H,16,17). The summed E-state index contributed by atoms with van der Waals surface area (Å²) in [5.41, 5.74) is 1.26. The minimum atomic E-state index is 0.0570. The van der Waals surface area contributed by atoms with E-state index in [9.17, 15) is 4.79 Å². The number of hydrogen-bond donors (Lipinski definition) is 2. The number of anilines is 1. The van der Waals surface area contributed by atoms with Crippen LogP contribution in [-0.2, 0) is 4.79 Å². The maximum atomic E-state index is 11.9. The molecule has 1 heterocycles. The maximum Gasteiger partial charge on any atom is 0.227 e. The second kappa shape index (κ2) is 5.46. The zero-order valence-corrected chi connectivity index (χ0v) is 9.57. The van der Waals surface area contributed by atoms with Crippen LogP contribution >= 0.6 is 0 Å². The van der Waals surface area contributed by atoms with E-state index in [-0.39, 0.29) is 11.8 Å². The molecule has 88 valence electrons. The van der Waals surface area contributed by atoms with Crippen molar-refractivity contribution >= 4 is 11.6 Å². The molecule has 0 unspecified atom stereocenters. The lowest BCUT2D eigenvalue weighted by Crippen LogP contribution is -2.34. The van der Waals surface area contributed by atoms with E-state index in [4.69, 9.17) is 5.26 Å². The quantitative estimate of drug-likeness (QED) is 0.807. The van der Waals surface area contributed by atoms with Crippen LogP contribution < -0.4 is 10.6 Å². The van der Waals surface area contributed by atoms with Crippen molar-refractivity contribution < 1.29 is 4.79 Å². The molecule has 1 aliphatic heterocycles. The molecular weight excluding hydrogens is 214 g/mol. The lowest BCUT2D eigenvalue weighted by Gasteiger charge is -2.21. The van der Waals surface area contributed by atoms with Gasteiger partial charge in [0, 0.05) is 11.6 Å². The van der Waals surface area contributed by atoms with Crippen molar-refractivity contribution in [3.05, 3.63) is 29.8 Å². The van der Waals surface area contributed by atoms with E-state index in [1.165, 1.54) is 0 Å². The highest BCUT2D eigenvalue weighted by Gasteiger charge is 2.20. The van der Waals surface area contributed by atoms with Crippen LogP contribution in [0.25, 0.3) is 0 Å². The Balaban J connectivity index is 1.99. The number of carbonyl (C=O) groups is 1. The predicted molar refractivity (Wildman–Crippen MR) is 65.4 cm³/mol. The lowest BCUT2D eigenvalue weighted by molar-refractivity contribution is -0.120. The molecule has 0 atom stereocenters. The van der Waals surface area contributed by atoms with E-state index in [1.54, 1.807) is 24.3 Å². The number of piperidine rings is 1. The van der Waals surface area contributed by atoms with Gasteiger partial charge in [0.1, 0.15) is 0 Å². The molecule has 2 rings (SSSR count). The second-order valence-corrected chi connectivity index (χ2v) is 4.21. The van der Waals surface area contributed by atoms with Crippen LogP contribution in [0.4, 0.5) is 5.69 Å². The molecular formula is C13H15N3O. The van der Waals surface area contributed by atoms with Gasteiger partial charge in [-0.1, -0.05) is 6.07 Å². The Kier molecular flexibility index (Phi) is 3.73. The zero-order chi connectivity index (χ0) is 12.1. The van der Waals surface area contributed by atoms with Crippen LogP contribution in [0.1, 0.15) is 18.4 Å². The molecule has 17 heavy (non-hydrogen) atoms. The molecule has 4 heteroatoms. The molecule has 1 aromatic carbocycles. The molecule has 1 fully saturated rings. The van der Waals surface area contributed by atoms with Crippen LogP contribution in [0.5, 0.6) is 0 Å². The van der Waals surface area contributed by atoms with Crippen molar-refractivity contribution in [2.75, 3.05) is 18.4 Å². The van der Waals surface area contributed by atoms with Gasteiger partial charge >= 0.3 is 0 Å². The summed E-state index contributed by atoms with van der Waals surface area (Å²) >= 11 is 0. The van der Waals surface area contributed by atoms with Gasteiger partial charge in [0.05, 0.1) is 11.6 Å².